The highest BCUT2D eigenvalue weighted by Crippen LogP contribution is 2.20. The van der Waals surface area contributed by atoms with E-state index in [2.05, 4.69) is 15.9 Å². The van der Waals surface area contributed by atoms with Gasteiger partial charge in [0.25, 0.3) is 0 Å². The van der Waals surface area contributed by atoms with Crippen molar-refractivity contribution in [3.63, 3.8) is 0 Å². The summed E-state index contributed by atoms with van der Waals surface area (Å²) < 4.78 is 1.02. The van der Waals surface area contributed by atoms with Crippen LogP contribution in [0.15, 0.2) is 22.7 Å². The zero-order chi connectivity index (χ0) is 9.84. The van der Waals surface area contributed by atoms with Gasteiger partial charge >= 0.3 is 0 Å². The van der Waals surface area contributed by atoms with Crippen LogP contribution in [-0.4, -0.2) is 5.38 Å². The fourth-order valence-electron chi connectivity index (χ4n) is 1.06. The fourth-order valence-corrected chi connectivity index (χ4v) is 1.88. The number of rotatable bonds is 2. The van der Waals surface area contributed by atoms with Gasteiger partial charge in [0.2, 0.25) is 0 Å². The van der Waals surface area contributed by atoms with Gasteiger partial charge in [0, 0.05) is 10.9 Å². The van der Waals surface area contributed by atoms with Gasteiger partial charge in [-0.05, 0) is 24.1 Å². The lowest BCUT2D eigenvalue weighted by atomic mass is 10.1. The minimum atomic E-state index is -0.445. The first kappa shape index (κ1) is 10.6. The van der Waals surface area contributed by atoms with Crippen molar-refractivity contribution in [2.45, 2.75) is 18.7 Å². The van der Waals surface area contributed by atoms with Crippen molar-refractivity contribution in [3.8, 4) is 6.07 Å². The van der Waals surface area contributed by atoms with Crippen LogP contribution < -0.4 is 0 Å². The lowest BCUT2D eigenvalue weighted by Gasteiger charge is -2.05. The Morgan fingerprint density at radius 1 is 1.62 bits per heavy atom. The van der Waals surface area contributed by atoms with E-state index < -0.39 is 5.38 Å². The third-order valence-electron chi connectivity index (χ3n) is 1.75. The summed E-state index contributed by atoms with van der Waals surface area (Å²) in [4.78, 5) is 0. The van der Waals surface area contributed by atoms with Crippen LogP contribution in [0.5, 0.6) is 0 Å². The molecule has 0 aliphatic heterocycles. The first-order valence-electron chi connectivity index (χ1n) is 3.92. The first-order chi connectivity index (χ1) is 6.13. The third-order valence-corrected chi connectivity index (χ3v) is 2.74. The van der Waals surface area contributed by atoms with E-state index in [-0.39, 0.29) is 0 Å². The van der Waals surface area contributed by atoms with E-state index in [1.165, 1.54) is 5.56 Å². The van der Waals surface area contributed by atoms with E-state index in [1.807, 2.05) is 31.2 Å². The van der Waals surface area contributed by atoms with Gasteiger partial charge in [-0.3, -0.25) is 0 Å². The van der Waals surface area contributed by atoms with Crippen LogP contribution in [0.25, 0.3) is 0 Å². The van der Waals surface area contributed by atoms with Crippen molar-refractivity contribution in [1.82, 2.24) is 0 Å². The van der Waals surface area contributed by atoms with Crippen LogP contribution in [0.3, 0.4) is 0 Å². The molecule has 1 unspecified atom stereocenters. The van der Waals surface area contributed by atoms with E-state index in [0.29, 0.717) is 6.42 Å². The Morgan fingerprint density at radius 3 is 2.85 bits per heavy atom. The predicted octanol–water partition coefficient (Wildman–Crippen LogP) is 3.43. The van der Waals surface area contributed by atoms with E-state index in [1.54, 1.807) is 0 Å². The fraction of sp³-hybridized carbons (Fsp3) is 0.300. The molecule has 0 aliphatic carbocycles. The summed E-state index contributed by atoms with van der Waals surface area (Å²) in [6.45, 7) is 2.02. The molecule has 3 heteroatoms. The molecule has 68 valence electrons. The quantitative estimate of drug-likeness (QED) is 0.746. The van der Waals surface area contributed by atoms with Crippen LogP contribution in [0.2, 0.25) is 0 Å². The summed E-state index contributed by atoms with van der Waals surface area (Å²) in [6.07, 6.45) is 0.582. The normalized spacial score (nSPS) is 12.2. The molecule has 1 aromatic carbocycles. The highest BCUT2D eigenvalue weighted by molar-refractivity contribution is 9.10. The zero-order valence-corrected chi connectivity index (χ0v) is 9.56. The molecule has 1 atom stereocenters. The molecule has 0 fully saturated rings. The Labute approximate surface area is 91.5 Å². The van der Waals surface area contributed by atoms with Crippen molar-refractivity contribution in [1.29, 1.82) is 5.26 Å². The van der Waals surface area contributed by atoms with Crippen LogP contribution in [0.4, 0.5) is 0 Å². The predicted molar refractivity (Wildman–Crippen MR) is 57.8 cm³/mol. The molecule has 0 aromatic heterocycles. The van der Waals surface area contributed by atoms with Crippen LogP contribution in [0, 0.1) is 18.3 Å². The second-order valence-electron chi connectivity index (χ2n) is 2.90. The van der Waals surface area contributed by atoms with E-state index in [9.17, 15) is 0 Å². The van der Waals surface area contributed by atoms with Crippen LogP contribution in [0.1, 0.15) is 11.1 Å². The molecule has 0 N–H and O–H groups in total. The van der Waals surface area contributed by atoms with Gasteiger partial charge in [0.05, 0.1) is 6.07 Å². The molecule has 0 saturated carbocycles. The average Bonchev–Trinajstić information content (AvgIpc) is 2.09. The van der Waals surface area contributed by atoms with Crippen molar-refractivity contribution >= 4 is 27.5 Å². The molecule has 0 saturated heterocycles. The van der Waals surface area contributed by atoms with Crippen LogP contribution >= 0.6 is 27.5 Å². The molecule has 13 heavy (non-hydrogen) atoms. The van der Waals surface area contributed by atoms with Crippen LogP contribution in [-0.2, 0) is 6.42 Å². The van der Waals surface area contributed by atoms with Gasteiger partial charge in [-0.25, -0.2) is 0 Å². The van der Waals surface area contributed by atoms with E-state index >= 15 is 0 Å². The maximum Gasteiger partial charge on any atom is 0.124 e. The number of nitrogens with zero attached hydrogens (tertiary/aromatic N) is 1. The highest BCUT2D eigenvalue weighted by atomic mass is 79.9. The van der Waals surface area contributed by atoms with Crippen molar-refractivity contribution in [2.75, 3.05) is 0 Å². The number of benzene rings is 1. The lowest BCUT2D eigenvalue weighted by molar-refractivity contribution is 1.01. The highest BCUT2D eigenvalue weighted by Gasteiger charge is 2.06. The summed E-state index contributed by atoms with van der Waals surface area (Å²) in [5.41, 5.74) is 2.27. The molecule has 0 aliphatic rings. The number of nitriles is 1. The molecule has 1 aromatic rings. The summed E-state index contributed by atoms with van der Waals surface area (Å²) in [5.74, 6) is 0. The smallest absolute Gasteiger partial charge is 0.124 e. The standard InChI is InChI=1S/C10H9BrClN/c1-7-2-3-8(10(11)4-7)5-9(12)6-13/h2-4,9H,5H2,1H3. The van der Waals surface area contributed by atoms with Gasteiger partial charge in [-0.15, -0.1) is 11.6 Å². The molecule has 0 amide bonds. The second kappa shape index (κ2) is 4.64. The molecular weight excluding hydrogens is 249 g/mol. The summed E-state index contributed by atoms with van der Waals surface area (Å²) in [7, 11) is 0. The second-order valence-corrected chi connectivity index (χ2v) is 4.28. The largest absolute Gasteiger partial charge is 0.197 e. The summed E-state index contributed by atoms with van der Waals surface area (Å²) in [6, 6.07) is 8.03. The van der Waals surface area contributed by atoms with Gasteiger partial charge in [0.15, 0.2) is 0 Å². The topological polar surface area (TPSA) is 23.8 Å². The minimum Gasteiger partial charge on any atom is -0.197 e. The van der Waals surface area contributed by atoms with Crippen molar-refractivity contribution in [2.24, 2.45) is 0 Å². The maximum atomic E-state index is 8.54. The van der Waals surface area contributed by atoms with Crippen molar-refractivity contribution < 1.29 is 0 Å². The molecule has 0 heterocycles. The monoisotopic (exact) mass is 257 g/mol. The molecular formula is C10H9BrClN. The maximum absolute atomic E-state index is 8.54. The Balaban J connectivity index is 2.85. The molecule has 0 radical (unpaired) electrons. The molecule has 0 bridgehead atoms. The first-order valence-corrected chi connectivity index (χ1v) is 5.15. The average molecular weight is 259 g/mol. The number of alkyl halides is 1. The summed E-state index contributed by atoms with van der Waals surface area (Å²) >= 11 is 9.17. The van der Waals surface area contributed by atoms with E-state index in [4.69, 9.17) is 16.9 Å². The Kier molecular flexibility index (Phi) is 3.77. The van der Waals surface area contributed by atoms with Gasteiger partial charge in [-0.1, -0.05) is 28.1 Å². The van der Waals surface area contributed by atoms with Gasteiger partial charge in [-0.2, -0.15) is 5.26 Å². The Hall–Kier alpha value is -0.520. The Bertz CT molecular complexity index is 343. The number of aryl methyl sites for hydroxylation is 1. The number of hydrogen-bond donors (Lipinski definition) is 0. The number of hydrogen-bond acceptors (Lipinski definition) is 1. The third kappa shape index (κ3) is 3.02. The number of halogens is 2. The molecule has 1 rings (SSSR count). The van der Waals surface area contributed by atoms with Gasteiger partial charge < -0.3 is 0 Å². The summed E-state index contributed by atoms with van der Waals surface area (Å²) in [5, 5.41) is 8.10. The lowest BCUT2D eigenvalue weighted by Crippen LogP contribution is -2.00. The SMILES string of the molecule is Cc1ccc(CC(Cl)C#N)c(Br)c1. The van der Waals surface area contributed by atoms with Crippen molar-refractivity contribution in [3.05, 3.63) is 33.8 Å². The molecule has 0 spiro atoms. The van der Waals surface area contributed by atoms with E-state index in [0.717, 1.165) is 10.0 Å². The van der Waals surface area contributed by atoms with Gasteiger partial charge in [0.1, 0.15) is 5.38 Å². The minimum absolute atomic E-state index is 0.445. The Morgan fingerprint density at radius 2 is 2.31 bits per heavy atom. The molecule has 1 nitrogen and oxygen atoms in total. The zero-order valence-electron chi connectivity index (χ0n) is 7.22.